The highest BCUT2D eigenvalue weighted by atomic mass is 16.6. The summed E-state index contributed by atoms with van der Waals surface area (Å²) in [6, 6.07) is 10.9. The first-order valence-corrected chi connectivity index (χ1v) is 11.5. The van der Waals surface area contributed by atoms with Crippen LogP contribution in [0, 0.1) is 0 Å². The van der Waals surface area contributed by atoms with Crippen molar-refractivity contribution in [3.63, 3.8) is 0 Å². The van der Waals surface area contributed by atoms with Gasteiger partial charge in [-0.3, -0.25) is 0 Å². The largest absolute Gasteiger partial charge is 0.490 e. The van der Waals surface area contributed by atoms with Crippen molar-refractivity contribution < 1.29 is 19.1 Å². The molecule has 180 valence electrons. The van der Waals surface area contributed by atoms with Crippen LogP contribution in [0.1, 0.15) is 39.2 Å². The number of piperidine rings is 1. The van der Waals surface area contributed by atoms with Crippen molar-refractivity contribution in [2.75, 3.05) is 18.4 Å². The predicted molar refractivity (Wildman–Crippen MR) is 129 cm³/mol. The standard InChI is InChI=1S/C25H31N5O4/c1-25(2,3)34-24(32)30-13-9-21(10-14-30)33-20-6-4-19(5-7-20)28-23(31)27-17-18-8-12-29-15-11-26-22(29)16-18/h4-8,11-12,15-16,21H,9-10,13-14,17H2,1-3H3,(H2,27,28,31). The number of ether oxygens (including phenoxy) is 2. The molecule has 0 spiro atoms. The molecule has 1 aromatic carbocycles. The molecular weight excluding hydrogens is 434 g/mol. The van der Waals surface area contributed by atoms with Crippen LogP contribution in [0.25, 0.3) is 5.65 Å². The van der Waals surface area contributed by atoms with Gasteiger partial charge in [-0.05, 0) is 62.7 Å². The van der Waals surface area contributed by atoms with Gasteiger partial charge in [0.05, 0.1) is 0 Å². The number of likely N-dealkylation sites (tertiary alicyclic amines) is 1. The Bertz CT molecular complexity index is 1130. The highest BCUT2D eigenvalue weighted by molar-refractivity contribution is 5.89. The van der Waals surface area contributed by atoms with E-state index in [-0.39, 0.29) is 18.2 Å². The lowest BCUT2D eigenvalue weighted by atomic mass is 10.1. The molecule has 3 amide bonds. The number of carbonyl (C=O) groups excluding carboxylic acids is 2. The van der Waals surface area contributed by atoms with Gasteiger partial charge < -0.3 is 29.4 Å². The molecule has 0 bridgehead atoms. The van der Waals surface area contributed by atoms with E-state index in [1.54, 1.807) is 23.2 Å². The number of hydrogen-bond donors (Lipinski definition) is 2. The first-order valence-electron chi connectivity index (χ1n) is 11.5. The summed E-state index contributed by atoms with van der Waals surface area (Å²) in [5.74, 6) is 0.731. The van der Waals surface area contributed by atoms with Crippen LogP contribution in [-0.4, -0.2) is 51.2 Å². The molecule has 2 aromatic heterocycles. The molecule has 1 aliphatic heterocycles. The number of carbonyl (C=O) groups is 2. The van der Waals surface area contributed by atoms with Gasteiger partial charge in [0.25, 0.3) is 0 Å². The van der Waals surface area contributed by atoms with E-state index >= 15 is 0 Å². The van der Waals surface area contributed by atoms with Crippen LogP contribution < -0.4 is 15.4 Å². The molecule has 4 rings (SSSR count). The number of nitrogens with one attached hydrogen (secondary N) is 2. The normalized spacial score (nSPS) is 14.6. The molecule has 1 fully saturated rings. The zero-order valence-electron chi connectivity index (χ0n) is 19.8. The molecule has 1 saturated heterocycles. The van der Waals surface area contributed by atoms with Crippen LogP contribution in [-0.2, 0) is 11.3 Å². The molecule has 1 aliphatic rings. The number of aromatic nitrogens is 2. The first-order chi connectivity index (χ1) is 16.2. The van der Waals surface area contributed by atoms with Gasteiger partial charge in [-0.1, -0.05) is 0 Å². The number of hydrogen-bond acceptors (Lipinski definition) is 5. The Morgan fingerprint density at radius 1 is 1.09 bits per heavy atom. The molecular formula is C25H31N5O4. The second kappa shape index (κ2) is 10.0. The number of amides is 3. The summed E-state index contributed by atoms with van der Waals surface area (Å²) in [6.45, 7) is 7.21. The number of rotatable bonds is 5. The Hall–Kier alpha value is -3.75. The summed E-state index contributed by atoms with van der Waals surface area (Å²) in [4.78, 5) is 30.4. The summed E-state index contributed by atoms with van der Waals surface area (Å²) in [6.07, 6.45) is 6.77. The average Bonchev–Trinajstić information content (AvgIpc) is 3.26. The van der Waals surface area contributed by atoms with Crippen molar-refractivity contribution >= 4 is 23.5 Å². The predicted octanol–water partition coefficient (Wildman–Crippen LogP) is 4.43. The summed E-state index contributed by atoms with van der Waals surface area (Å²) >= 11 is 0. The van der Waals surface area contributed by atoms with E-state index in [9.17, 15) is 9.59 Å². The summed E-state index contributed by atoms with van der Waals surface area (Å²) in [5, 5.41) is 5.68. The van der Waals surface area contributed by atoms with Crippen molar-refractivity contribution in [3.8, 4) is 5.75 Å². The molecule has 9 heteroatoms. The number of urea groups is 1. The maximum Gasteiger partial charge on any atom is 0.410 e. The molecule has 3 aromatic rings. The van der Waals surface area contributed by atoms with Gasteiger partial charge in [0, 0.05) is 56.8 Å². The molecule has 2 N–H and O–H groups in total. The van der Waals surface area contributed by atoms with E-state index in [0.717, 1.165) is 29.8 Å². The number of fused-ring (bicyclic) bond motifs is 1. The molecule has 34 heavy (non-hydrogen) atoms. The van der Waals surface area contributed by atoms with E-state index in [1.165, 1.54) is 0 Å². The lowest BCUT2D eigenvalue weighted by molar-refractivity contribution is 0.0126. The Kier molecular flexibility index (Phi) is 6.90. The number of imidazole rings is 1. The molecule has 0 saturated carbocycles. The number of benzene rings is 1. The van der Waals surface area contributed by atoms with Crippen LogP contribution in [0.3, 0.4) is 0 Å². The fourth-order valence-corrected chi connectivity index (χ4v) is 3.71. The minimum atomic E-state index is -0.494. The zero-order valence-corrected chi connectivity index (χ0v) is 19.8. The van der Waals surface area contributed by atoms with Crippen molar-refractivity contribution in [1.29, 1.82) is 0 Å². The topological polar surface area (TPSA) is 97.2 Å². The molecule has 0 unspecified atom stereocenters. The highest BCUT2D eigenvalue weighted by Crippen LogP contribution is 2.22. The average molecular weight is 466 g/mol. The van der Waals surface area contributed by atoms with Crippen LogP contribution in [0.4, 0.5) is 15.3 Å². The smallest absolute Gasteiger partial charge is 0.410 e. The second-order valence-electron chi connectivity index (χ2n) is 9.34. The van der Waals surface area contributed by atoms with Crippen molar-refractivity contribution in [2.45, 2.75) is 51.9 Å². The fourth-order valence-electron chi connectivity index (χ4n) is 3.71. The maximum atomic E-state index is 12.3. The molecule has 3 heterocycles. The Balaban J connectivity index is 1.20. The van der Waals surface area contributed by atoms with Gasteiger partial charge in [0.15, 0.2) is 0 Å². The number of pyridine rings is 1. The zero-order chi connectivity index (χ0) is 24.1. The van der Waals surface area contributed by atoms with Gasteiger partial charge in [-0.2, -0.15) is 0 Å². The number of nitrogens with zero attached hydrogens (tertiary/aromatic N) is 3. The third-order valence-corrected chi connectivity index (χ3v) is 5.42. The molecule has 0 aliphatic carbocycles. The lowest BCUT2D eigenvalue weighted by Crippen LogP contribution is -2.44. The third kappa shape index (κ3) is 6.40. The third-order valence-electron chi connectivity index (χ3n) is 5.42. The van der Waals surface area contributed by atoms with Crippen LogP contribution in [0.2, 0.25) is 0 Å². The Morgan fingerprint density at radius 2 is 1.82 bits per heavy atom. The van der Waals surface area contributed by atoms with E-state index in [2.05, 4.69) is 15.6 Å². The van der Waals surface area contributed by atoms with E-state index in [0.29, 0.717) is 25.3 Å². The fraction of sp³-hybridized carbons (Fsp3) is 0.400. The quantitative estimate of drug-likeness (QED) is 0.581. The van der Waals surface area contributed by atoms with Gasteiger partial charge >= 0.3 is 12.1 Å². The van der Waals surface area contributed by atoms with E-state index in [4.69, 9.17) is 9.47 Å². The second-order valence-corrected chi connectivity index (χ2v) is 9.34. The van der Waals surface area contributed by atoms with Gasteiger partial charge in [-0.25, -0.2) is 14.6 Å². The Labute approximate surface area is 199 Å². The van der Waals surface area contributed by atoms with Crippen molar-refractivity contribution in [2.24, 2.45) is 0 Å². The summed E-state index contributed by atoms with van der Waals surface area (Å²) in [5.41, 5.74) is 1.99. The van der Waals surface area contributed by atoms with Gasteiger partial charge in [0.1, 0.15) is 23.1 Å². The summed E-state index contributed by atoms with van der Waals surface area (Å²) in [7, 11) is 0. The van der Waals surface area contributed by atoms with E-state index < -0.39 is 5.60 Å². The maximum absolute atomic E-state index is 12.3. The minimum absolute atomic E-state index is 0.0354. The minimum Gasteiger partial charge on any atom is -0.490 e. The molecule has 9 nitrogen and oxygen atoms in total. The van der Waals surface area contributed by atoms with Crippen molar-refractivity contribution in [3.05, 3.63) is 60.6 Å². The highest BCUT2D eigenvalue weighted by Gasteiger charge is 2.27. The van der Waals surface area contributed by atoms with Crippen LogP contribution >= 0.6 is 0 Å². The van der Waals surface area contributed by atoms with Crippen molar-refractivity contribution in [1.82, 2.24) is 19.6 Å². The van der Waals surface area contributed by atoms with Crippen LogP contribution in [0.15, 0.2) is 55.0 Å². The molecule has 0 atom stereocenters. The lowest BCUT2D eigenvalue weighted by Gasteiger charge is -2.33. The SMILES string of the molecule is CC(C)(C)OC(=O)N1CCC(Oc2ccc(NC(=O)NCc3ccn4ccnc4c3)cc2)CC1. The van der Waals surface area contributed by atoms with Crippen LogP contribution in [0.5, 0.6) is 5.75 Å². The van der Waals surface area contributed by atoms with E-state index in [1.807, 2.05) is 61.8 Å². The first kappa shape index (κ1) is 23.4. The summed E-state index contributed by atoms with van der Waals surface area (Å²) < 4.78 is 13.4. The monoisotopic (exact) mass is 465 g/mol. The molecule has 0 radical (unpaired) electrons. The van der Waals surface area contributed by atoms with Gasteiger partial charge in [-0.15, -0.1) is 0 Å². The number of anilines is 1. The Morgan fingerprint density at radius 3 is 2.53 bits per heavy atom. The van der Waals surface area contributed by atoms with Gasteiger partial charge in [0.2, 0.25) is 0 Å².